The molecule has 0 N–H and O–H groups in total. The molecule has 0 atom stereocenters. The maximum Gasteiger partial charge on any atom is 0.276 e. The molecule has 0 amide bonds. The Balaban J connectivity index is 1.95. The zero-order valence-electron chi connectivity index (χ0n) is 15.7. The maximum absolute atomic E-state index is 12.9. The summed E-state index contributed by atoms with van der Waals surface area (Å²) in [5.74, 6) is -0.383. The average Bonchev–Trinajstić information content (AvgIpc) is 2.79. The van der Waals surface area contributed by atoms with E-state index in [1.54, 1.807) is 10.5 Å². The van der Waals surface area contributed by atoms with Crippen LogP contribution in [0.15, 0.2) is 91.0 Å². The molecule has 5 aromatic rings. The average molecular weight is 393 g/mol. The summed E-state index contributed by atoms with van der Waals surface area (Å²) in [6.07, 6.45) is 0. The number of nitro groups is 1. The number of hydrogen-bond acceptors (Lipinski definition) is 4. The van der Waals surface area contributed by atoms with Crippen LogP contribution in [-0.4, -0.2) is 9.91 Å². The summed E-state index contributed by atoms with van der Waals surface area (Å²) < 4.78 is 1.76. The molecule has 0 radical (unpaired) electrons. The van der Waals surface area contributed by atoms with Crippen molar-refractivity contribution in [3.8, 4) is 28.3 Å². The second kappa shape index (κ2) is 6.93. The number of benzene rings is 3. The van der Waals surface area contributed by atoms with Crippen molar-refractivity contribution < 1.29 is 14.4 Å². The smallest absolute Gasteiger partial charge is 0.276 e. The molecule has 0 aliphatic heterocycles. The summed E-state index contributed by atoms with van der Waals surface area (Å²) in [6.45, 7) is 0. The molecule has 6 nitrogen and oxygen atoms in total. The Labute approximate surface area is 171 Å². The van der Waals surface area contributed by atoms with Gasteiger partial charge >= 0.3 is 0 Å². The molecule has 0 saturated carbocycles. The third-order valence-corrected chi connectivity index (χ3v) is 5.09. The van der Waals surface area contributed by atoms with Gasteiger partial charge in [-0.3, -0.25) is 15.1 Å². The molecule has 0 fully saturated rings. The molecule has 30 heavy (non-hydrogen) atoms. The Hall–Kier alpha value is -4.32. The van der Waals surface area contributed by atoms with Gasteiger partial charge in [0.05, 0.1) is 16.9 Å². The SMILES string of the molecule is O=[N+]([O-])c1ccc2nc([O-])c3cc(-c4ccccc4)cc(-c4ccccc4)[n+]3c2c1. The van der Waals surface area contributed by atoms with Crippen LogP contribution in [-0.2, 0) is 0 Å². The van der Waals surface area contributed by atoms with Crippen molar-refractivity contribution in [3.63, 3.8) is 0 Å². The van der Waals surface area contributed by atoms with E-state index in [1.807, 2.05) is 66.7 Å². The van der Waals surface area contributed by atoms with Crippen molar-refractivity contribution in [1.82, 2.24) is 4.98 Å². The van der Waals surface area contributed by atoms with E-state index in [0.29, 0.717) is 16.6 Å². The topological polar surface area (TPSA) is 83.2 Å². The van der Waals surface area contributed by atoms with Crippen LogP contribution in [0.4, 0.5) is 5.69 Å². The van der Waals surface area contributed by atoms with Gasteiger partial charge in [0.2, 0.25) is 16.7 Å². The van der Waals surface area contributed by atoms with E-state index >= 15 is 0 Å². The van der Waals surface area contributed by atoms with Crippen LogP contribution in [0.3, 0.4) is 0 Å². The molecule has 144 valence electrons. The molecule has 0 aliphatic rings. The Morgan fingerprint density at radius 2 is 1.40 bits per heavy atom. The third kappa shape index (κ3) is 2.91. The molecule has 0 spiro atoms. The minimum Gasteiger partial charge on any atom is -0.854 e. The highest BCUT2D eigenvalue weighted by atomic mass is 16.6. The fourth-order valence-electron chi connectivity index (χ4n) is 3.70. The van der Waals surface area contributed by atoms with Crippen molar-refractivity contribution in [2.45, 2.75) is 0 Å². The van der Waals surface area contributed by atoms with Crippen LogP contribution in [0, 0.1) is 10.1 Å². The van der Waals surface area contributed by atoms with Crippen molar-refractivity contribution in [2.24, 2.45) is 0 Å². The molecule has 6 heteroatoms. The predicted molar refractivity (Wildman–Crippen MR) is 112 cm³/mol. The number of nitro benzene ring substituents is 1. The van der Waals surface area contributed by atoms with Gasteiger partial charge in [-0.2, -0.15) is 4.40 Å². The highest BCUT2D eigenvalue weighted by Crippen LogP contribution is 2.29. The monoisotopic (exact) mass is 393 g/mol. The molecule has 3 aromatic carbocycles. The van der Waals surface area contributed by atoms with Gasteiger partial charge in [-0.25, -0.2) is 0 Å². The molecule has 2 aromatic heterocycles. The Bertz CT molecular complexity index is 1420. The number of non-ortho nitro benzene ring substituents is 1. The standard InChI is InChI=1S/C24H15N3O3/c28-24-23-14-18(16-7-3-1-4-8-16)13-21(17-9-5-2-6-10-17)26(23)22-15-19(27(29)30)11-12-20(22)25-24/h1-15H. The lowest BCUT2D eigenvalue weighted by atomic mass is 10.0. The fraction of sp³-hybridized carbons (Fsp3) is 0. The lowest BCUT2D eigenvalue weighted by Gasteiger charge is -2.12. The Morgan fingerprint density at radius 3 is 2.07 bits per heavy atom. The minimum atomic E-state index is -0.447. The molecule has 0 aliphatic carbocycles. The summed E-state index contributed by atoms with van der Waals surface area (Å²) in [5, 5.41) is 24.3. The highest BCUT2D eigenvalue weighted by Gasteiger charge is 2.22. The second-order valence-electron chi connectivity index (χ2n) is 6.93. The van der Waals surface area contributed by atoms with E-state index in [2.05, 4.69) is 4.98 Å². The minimum absolute atomic E-state index is 0.0529. The number of hydrogen-bond donors (Lipinski definition) is 0. The number of aromatic nitrogens is 2. The molecular weight excluding hydrogens is 378 g/mol. The zero-order valence-corrected chi connectivity index (χ0v) is 15.7. The molecule has 0 saturated heterocycles. The first-order valence-electron chi connectivity index (χ1n) is 9.38. The van der Waals surface area contributed by atoms with Crippen molar-refractivity contribution in [2.75, 3.05) is 0 Å². The highest BCUT2D eigenvalue weighted by molar-refractivity contribution is 5.81. The second-order valence-corrected chi connectivity index (χ2v) is 6.93. The van der Waals surface area contributed by atoms with E-state index in [1.165, 1.54) is 18.2 Å². The molecule has 0 unspecified atom stereocenters. The van der Waals surface area contributed by atoms with Crippen LogP contribution in [0.1, 0.15) is 0 Å². The van der Waals surface area contributed by atoms with Gasteiger partial charge in [0.25, 0.3) is 5.69 Å². The van der Waals surface area contributed by atoms with Gasteiger partial charge in [-0.05, 0) is 29.3 Å². The number of rotatable bonds is 3. The van der Waals surface area contributed by atoms with Crippen molar-refractivity contribution in [3.05, 3.63) is 101 Å². The Kier molecular flexibility index (Phi) is 4.10. The van der Waals surface area contributed by atoms with Crippen LogP contribution in [0.2, 0.25) is 0 Å². The zero-order chi connectivity index (χ0) is 20.7. The largest absolute Gasteiger partial charge is 0.854 e. The lowest BCUT2D eigenvalue weighted by molar-refractivity contribution is -0.475. The van der Waals surface area contributed by atoms with E-state index in [9.17, 15) is 15.2 Å². The summed E-state index contributed by atoms with van der Waals surface area (Å²) in [6, 6.07) is 27.5. The van der Waals surface area contributed by atoms with Crippen LogP contribution >= 0.6 is 0 Å². The summed E-state index contributed by atoms with van der Waals surface area (Å²) in [5.41, 5.74) is 4.73. The Morgan fingerprint density at radius 1 is 0.733 bits per heavy atom. The molecule has 0 bridgehead atoms. The van der Waals surface area contributed by atoms with E-state index in [4.69, 9.17) is 0 Å². The first-order chi connectivity index (χ1) is 14.6. The summed E-state index contributed by atoms with van der Waals surface area (Å²) in [4.78, 5) is 15.1. The van der Waals surface area contributed by atoms with Crippen molar-refractivity contribution in [1.29, 1.82) is 0 Å². The number of fused-ring (bicyclic) bond motifs is 3. The van der Waals surface area contributed by atoms with E-state index < -0.39 is 4.92 Å². The lowest BCUT2D eigenvalue weighted by Crippen LogP contribution is -2.28. The molecule has 5 rings (SSSR count). The van der Waals surface area contributed by atoms with Gasteiger partial charge in [0.1, 0.15) is 5.52 Å². The fourth-order valence-corrected chi connectivity index (χ4v) is 3.70. The van der Waals surface area contributed by atoms with Crippen LogP contribution < -0.4 is 9.51 Å². The third-order valence-electron chi connectivity index (χ3n) is 5.09. The van der Waals surface area contributed by atoms with Crippen LogP contribution in [0.5, 0.6) is 5.88 Å². The summed E-state index contributed by atoms with van der Waals surface area (Å²) >= 11 is 0. The van der Waals surface area contributed by atoms with E-state index in [-0.39, 0.29) is 11.6 Å². The predicted octanol–water partition coefficient (Wildman–Crippen LogP) is 4.29. The van der Waals surface area contributed by atoms with Gasteiger partial charge in [-0.1, -0.05) is 48.5 Å². The normalized spacial score (nSPS) is 11.1. The quantitative estimate of drug-likeness (QED) is 0.198. The maximum atomic E-state index is 12.9. The van der Waals surface area contributed by atoms with Crippen LogP contribution in [0.25, 0.3) is 38.9 Å². The number of pyridine rings is 1. The number of nitrogens with zero attached hydrogens (tertiary/aromatic N) is 3. The van der Waals surface area contributed by atoms with Crippen molar-refractivity contribution >= 4 is 22.2 Å². The first-order valence-corrected chi connectivity index (χ1v) is 9.38. The molecule has 2 heterocycles. The van der Waals surface area contributed by atoms with Gasteiger partial charge in [0, 0.05) is 23.8 Å². The van der Waals surface area contributed by atoms with Gasteiger partial charge in [-0.15, -0.1) is 0 Å². The first kappa shape index (κ1) is 17.8. The van der Waals surface area contributed by atoms with E-state index in [0.717, 1.165) is 22.4 Å². The summed E-state index contributed by atoms with van der Waals surface area (Å²) in [7, 11) is 0. The van der Waals surface area contributed by atoms with Gasteiger partial charge in [0.15, 0.2) is 0 Å². The molecular formula is C24H15N3O3. The van der Waals surface area contributed by atoms with Gasteiger partial charge < -0.3 is 5.11 Å².